The molecule has 1 N–H and O–H groups in total. The van der Waals surface area contributed by atoms with Crippen LogP contribution in [-0.2, 0) is 6.42 Å². The van der Waals surface area contributed by atoms with Gasteiger partial charge in [-0.2, -0.15) is 0 Å². The topological polar surface area (TPSA) is 46.0 Å². The van der Waals surface area contributed by atoms with Crippen LogP contribution in [0.2, 0.25) is 0 Å². The molecule has 0 amide bonds. The number of hydrogen-bond donors (Lipinski definition) is 1. The average Bonchev–Trinajstić information content (AvgIpc) is 2.70. The average molecular weight is 252 g/mol. The van der Waals surface area contributed by atoms with Crippen LogP contribution in [0.15, 0.2) is 18.2 Å². The molecule has 0 aliphatic carbocycles. The molecule has 0 aliphatic heterocycles. The smallest absolute Gasteiger partial charge is 0.123 e. The Labute approximate surface area is 103 Å². The van der Waals surface area contributed by atoms with Crippen molar-refractivity contribution in [2.75, 3.05) is 0 Å². The number of aliphatic hydroxyl groups is 1. The summed E-state index contributed by atoms with van der Waals surface area (Å²) in [5, 5.41) is 13.9. The van der Waals surface area contributed by atoms with Crippen LogP contribution >= 0.6 is 11.5 Å². The monoisotopic (exact) mass is 252 g/mol. The molecule has 0 bridgehead atoms. The lowest BCUT2D eigenvalue weighted by atomic mass is 10.0. The van der Waals surface area contributed by atoms with Crippen molar-refractivity contribution in [3.63, 3.8) is 0 Å². The summed E-state index contributed by atoms with van der Waals surface area (Å²) in [7, 11) is 0. The SMILES string of the molecule is Cc1ccc(F)cc1CC(O)c1snnc1C. The summed E-state index contributed by atoms with van der Waals surface area (Å²) in [5.74, 6) is -0.281. The molecule has 2 rings (SSSR count). The van der Waals surface area contributed by atoms with Crippen molar-refractivity contribution in [3.05, 3.63) is 45.7 Å². The van der Waals surface area contributed by atoms with Crippen LogP contribution in [0, 0.1) is 19.7 Å². The van der Waals surface area contributed by atoms with E-state index in [1.807, 2.05) is 6.92 Å². The number of rotatable bonds is 3. The standard InChI is InChI=1S/C12H13FN2OS/c1-7-3-4-10(13)5-9(7)6-11(16)12-8(2)14-15-17-12/h3-5,11,16H,6H2,1-2H3. The normalized spacial score (nSPS) is 12.7. The quantitative estimate of drug-likeness (QED) is 0.913. The van der Waals surface area contributed by atoms with Gasteiger partial charge in [-0.15, -0.1) is 5.10 Å². The Hall–Kier alpha value is -1.33. The number of aliphatic hydroxyl groups excluding tert-OH is 1. The van der Waals surface area contributed by atoms with E-state index in [2.05, 4.69) is 9.59 Å². The second kappa shape index (κ2) is 4.89. The van der Waals surface area contributed by atoms with E-state index in [1.54, 1.807) is 13.0 Å². The highest BCUT2D eigenvalue weighted by Crippen LogP contribution is 2.24. The van der Waals surface area contributed by atoms with Gasteiger partial charge >= 0.3 is 0 Å². The number of halogens is 1. The van der Waals surface area contributed by atoms with E-state index in [1.165, 1.54) is 23.7 Å². The fourth-order valence-electron chi connectivity index (χ4n) is 1.70. The minimum absolute atomic E-state index is 0.281. The van der Waals surface area contributed by atoms with Crippen molar-refractivity contribution in [3.8, 4) is 0 Å². The van der Waals surface area contributed by atoms with Gasteiger partial charge in [-0.1, -0.05) is 10.6 Å². The highest BCUT2D eigenvalue weighted by atomic mass is 32.1. The van der Waals surface area contributed by atoms with Crippen molar-refractivity contribution in [2.24, 2.45) is 0 Å². The van der Waals surface area contributed by atoms with Crippen LogP contribution < -0.4 is 0 Å². The van der Waals surface area contributed by atoms with Crippen LogP contribution in [0.25, 0.3) is 0 Å². The van der Waals surface area contributed by atoms with Gasteiger partial charge in [-0.25, -0.2) is 4.39 Å². The molecule has 1 unspecified atom stereocenters. The maximum absolute atomic E-state index is 13.1. The van der Waals surface area contributed by atoms with E-state index in [0.29, 0.717) is 6.42 Å². The maximum atomic E-state index is 13.1. The lowest BCUT2D eigenvalue weighted by Crippen LogP contribution is -2.03. The van der Waals surface area contributed by atoms with Gasteiger partial charge < -0.3 is 5.11 Å². The Morgan fingerprint density at radius 2 is 2.18 bits per heavy atom. The summed E-state index contributed by atoms with van der Waals surface area (Å²) in [5.41, 5.74) is 2.52. The largest absolute Gasteiger partial charge is 0.387 e. The molecular weight excluding hydrogens is 239 g/mol. The second-order valence-corrected chi connectivity index (χ2v) is 4.80. The zero-order valence-electron chi connectivity index (χ0n) is 9.64. The lowest BCUT2D eigenvalue weighted by Gasteiger charge is -2.11. The number of benzene rings is 1. The third-order valence-electron chi connectivity index (χ3n) is 2.71. The molecule has 3 nitrogen and oxygen atoms in total. The summed E-state index contributed by atoms with van der Waals surface area (Å²) in [6.45, 7) is 3.71. The number of aromatic nitrogens is 2. The van der Waals surface area contributed by atoms with E-state index >= 15 is 0 Å². The molecule has 90 valence electrons. The molecule has 0 saturated carbocycles. The summed E-state index contributed by atoms with van der Waals surface area (Å²) in [6, 6.07) is 4.60. The van der Waals surface area contributed by atoms with Gasteiger partial charge in [0.2, 0.25) is 0 Å². The van der Waals surface area contributed by atoms with Crippen molar-refractivity contribution < 1.29 is 9.50 Å². The molecule has 5 heteroatoms. The molecule has 2 aromatic rings. The van der Waals surface area contributed by atoms with Crippen LogP contribution in [0.5, 0.6) is 0 Å². The van der Waals surface area contributed by atoms with E-state index < -0.39 is 6.10 Å². The van der Waals surface area contributed by atoms with E-state index in [-0.39, 0.29) is 5.82 Å². The molecule has 17 heavy (non-hydrogen) atoms. The molecular formula is C12H13FN2OS. The Balaban J connectivity index is 2.21. The van der Waals surface area contributed by atoms with Crippen molar-refractivity contribution in [2.45, 2.75) is 26.4 Å². The fraction of sp³-hybridized carbons (Fsp3) is 0.333. The van der Waals surface area contributed by atoms with Crippen LogP contribution in [0.4, 0.5) is 4.39 Å². The fourth-order valence-corrected chi connectivity index (χ4v) is 2.33. The van der Waals surface area contributed by atoms with Crippen LogP contribution in [-0.4, -0.2) is 14.7 Å². The molecule has 0 fully saturated rings. The molecule has 0 radical (unpaired) electrons. The minimum Gasteiger partial charge on any atom is -0.387 e. The summed E-state index contributed by atoms with van der Waals surface area (Å²) >= 11 is 1.18. The first kappa shape index (κ1) is 12.1. The number of nitrogens with zero attached hydrogens (tertiary/aromatic N) is 2. The summed E-state index contributed by atoms with van der Waals surface area (Å²) in [4.78, 5) is 0.744. The van der Waals surface area contributed by atoms with Gasteiger partial charge in [0.15, 0.2) is 0 Å². The second-order valence-electron chi connectivity index (χ2n) is 4.01. The van der Waals surface area contributed by atoms with Gasteiger partial charge in [-0.05, 0) is 48.6 Å². The molecule has 0 aliphatic rings. The predicted molar refractivity (Wildman–Crippen MR) is 64.4 cm³/mol. The van der Waals surface area contributed by atoms with Crippen molar-refractivity contribution in [1.82, 2.24) is 9.59 Å². The summed E-state index contributed by atoms with van der Waals surface area (Å²) < 4.78 is 16.9. The van der Waals surface area contributed by atoms with Crippen molar-refractivity contribution in [1.29, 1.82) is 0 Å². The Kier molecular flexibility index (Phi) is 3.49. The highest BCUT2D eigenvalue weighted by Gasteiger charge is 2.16. The van der Waals surface area contributed by atoms with Gasteiger partial charge in [-0.3, -0.25) is 0 Å². The van der Waals surface area contributed by atoms with Crippen LogP contribution in [0.3, 0.4) is 0 Å². The first-order valence-corrected chi connectivity index (χ1v) is 6.07. The molecule has 0 spiro atoms. The first-order valence-electron chi connectivity index (χ1n) is 5.30. The van der Waals surface area contributed by atoms with Crippen molar-refractivity contribution >= 4 is 11.5 Å². The third kappa shape index (κ3) is 2.68. The lowest BCUT2D eigenvalue weighted by molar-refractivity contribution is 0.181. The zero-order chi connectivity index (χ0) is 12.4. The van der Waals surface area contributed by atoms with E-state index in [4.69, 9.17) is 0 Å². The van der Waals surface area contributed by atoms with Gasteiger partial charge in [0.25, 0.3) is 0 Å². The molecule has 1 atom stereocenters. The Bertz CT molecular complexity index is 527. The zero-order valence-corrected chi connectivity index (χ0v) is 10.5. The third-order valence-corrected chi connectivity index (χ3v) is 3.64. The van der Waals surface area contributed by atoms with Gasteiger partial charge in [0, 0.05) is 6.42 Å². The van der Waals surface area contributed by atoms with Crippen LogP contribution in [0.1, 0.15) is 27.8 Å². The molecule has 1 aromatic heterocycles. The molecule has 1 heterocycles. The maximum Gasteiger partial charge on any atom is 0.123 e. The summed E-state index contributed by atoms with van der Waals surface area (Å²) in [6.07, 6.45) is -0.288. The Morgan fingerprint density at radius 1 is 1.41 bits per heavy atom. The van der Waals surface area contributed by atoms with Gasteiger partial charge in [0.05, 0.1) is 16.7 Å². The first-order chi connectivity index (χ1) is 8.08. The number of aryl methyl sites for hydroxylation is 2. The van der Waals surface area contributed by atoms with E-state index in [0.717, 1.165) is 21.7 Å². The molecule has 0 saturated heterocycles. The number of hydrogen-bond acceptors (Lipinski definition) is 4. The minimum atomic E-state index is -0.671. The molecule has 1 aromatic carbocycles. The highest BCUT2D eigenvalue weighted by molar-refractivity contribution is 7.05. The van der Waals surface area contributed by atoms with Gasteiger partial charge in [0.1, 0.15) is 5.82 Å². The Morgan fingerprint density at radius 3 is 2.82 bits per heavy atom. The van der Waals surface area contributed by atoms with E-state index in [9.17, 15) is 9.50 Å². The predicted octanol–water partition coefficient (Wildman–Crippen LogP) is 2.57.